The van der Waals surface area contributed by atoms with Crippen LogP contribution in [0.5, 0.6) is 28.7 Å². The zero-order valence-electron chi connectivity index (χ0n) is 19.2. The molecule has 0 saturated carbocycles. The molecule has 3 aromatic rings. The van der Waals surface area contributed by atoms with Crippen molar-refractivity contribution >= 4 is 12.0 Å². The van der Waals surface area contributed by atoms with Gasteiger partial charge in [-0.2, -0.15) is 0 Å². The Labute approximate surface area is 198 Å². The molecule has 7 nitrogen and oxygen atoms in total. The first-order valence-corrected chi connectivity index (χ1v) is 10.7. The number of ether oxygens (including phenoxy) is 5. The van der Waals surface area contributed by atoms with Gasteiger partial charge in [0.15, 0.2) is 0 Å². The molecule has 2 heterocycles. The van der Waals surface area contributed by atoms with E-state index in [1.165, 1.54) is 11.6 Å². The molecule has 0 aliphatic carbocycles. The largest absolute Gasteiger partial charge is 0.497 e. The first kappa shape index (κ1) is 23.0. The Morgan fingerprint density at radius 3 is 2.26 bits per heavy atom. The first-order valence-electron chi connectivity index (χ1n) is 10.7. The summed E-state index contributed by atoms with van der Waals surface area (Å²) in [4.78, 5) is 10.2. The summed E-state index contributed by atoms with van der Waals surface area (Å²) in [5, 5.41) is 8.41. The van der Waals surface area contributed by atoms with Crippen molar-refractivity contribution in [3.63, 3.8) is 0 Å². The molecule has 5 rings (SSSR count). The summed E-state index contributed by atoms with van der Waals surface area (Å²) in [5.74, 6) is 3.26. The molecule has 0 fully saturated rings. The molecule has 2 aliphatic heterocycles. The normalized spacial score (nSPS) is 17.1. The molecule has 34 heavy (non-hydrogen) atoms. The van der Waals surface area contributed by atoms with E-state index in [4.69, 9.17) is 28.8 Å². The van der Waals surface area contributed by atoms with Crippen molar-refractivity contribution < 1.29 is 33.6 Å². The van der Waals surface area contributed by atoms with Gasteiger partial charge in [-0.1, -0.05) is 24.3 Å². The summed E-state index contributed by atoms with van der Waals surface area (Å²) in [6, 6.07) is 19.1. The predicted molar refractivity (Wildman–Crippen MR) is 127 cm³/mol. The van der Waals surface area contributed by atoms with E-state index in [1.54, 1.807) is 33.5 Å². The second-order valence-electron chi connectivity index (χ2n) is 7.68. The lowest BCUT2D eigenvalue weighted by molar-refractivity contribution is -0.131. The van der Waals surface area contributed by atoms with E-state index in [0.717, 1.165) is 40.2 Å². The molecule has 2 aliphatic rings. The SMILES string of the molecule is COc1ccc2c(c1)OC1c3ccc(OC)cc3OCC21.COc1ccccc1C=CC(=O)O. The average molecular weight is 462 g/mol. The molecule has 2 unspecified atom stereocenters. The minimum absolute atomic E-state index is 0.00163. The summed E-state index contributed by atoms with van der Waals surface area (Å²) >= 11 is 0. The number of carboxylic acids is 1. The van der Waals surface area contributed by atoms with Gasteiger partial charge in [-0.3, -0.25) is 0 Å². The third-order valence-electron chi connectivity index (χ3n) is 5.73. The number of carbonyl (C=O) groups is 1. The molecule has 7 heteroatoms. The first-order chi connectivity index (χ1) is 16.5. The van der Waals surface area contributed by atoms with Gasteiger partial charge in [0.25, 0.3) is 0 Å². The minimum atomic E-state index is -0.967. The van der Waals surface area contributed by atoms with Gasteiger partial charge in [-0.15, -0.1) is 0 Å². The Morgan fingerprint density at radius 2 is 1.59 bits per heavy atom. The smallest absolute Gasteiger partial charge is 0.328 e. The predicted octanol–water partition coefficient (Wildman–Crippen LogP) is 5.11. The van der Waals surface area contributed by atoms with Crippen LogP contribution in [0.25, 0.3) is 6.08 Å². The fourth-order valence-corrected chi connectivity index (χ4v) is 4.04. The van der Waals surface area contributed by atoms with Crippen LogP contribution >= 0.6 is 0 Å². The molecular weight excluding hydrogens is 436 g/mol. The van der Waals surface area contributed by atoms with Crippen molar-refractivity contribution in [2.24, 2.45) is 0 Å². The number of hydrogen-bond donors (Lipinski definition) is 1. The molecule has 0 radical (unpaired) electrons. The molecule has 0 spiro atoms. The maximum absolute atomic E-state index is 10.2. The van der Waals surface area contributed by atoms with Gasteiger partial charge in [-0.25, -0.2) is 4.79 Å². The summed E-state index contributed by atoms with van der Waals surface area (Å²) in [7, 11) is 4.86. The van der Waals surface area contributed by atoms with Crippen LogP contribution in [0.3, 0.4) is 0 Å². The van der Waals surface area contributed by atoms with E-state index in [2.05, 4.69) is 6.07 Å². The molecule has 176 valence electrons. The van der Waals surface area contributed by atoms with Crippen molar-refractivity contribution in [1.29, 1.82) is 0 Å². The highest BCUT2D eigenvalue weighted by molar-refractivity contribution is 5.85. The Hall–Kier alpha value is -4.13. The minimum Gasteiger partial charge on any atom is -0.497 e. The Balaban J connectivity index is 0.000000182. The molecule has 0 saturated heterocycles. The van der Waals surface area contributed by atoms with Gasteiger partial charge >= 0.3 is 5.97 Å². The van der Waals surface area contributed by atoms with E-state index in [0.29, 0.717) is 12.4 Å². The van der Waals surface area contributed by atoms with Gasteiger partial charge in [0.05, 0.1) is 33.9 Å². The third-order valence-corrected chi connectivity index (χ3v) is 5.73. The average Bonchev–Trinajstić information content (AvgIpc) is 3.25. The second-order valence-corrected chi connectivity index (χ2v) is 7.68. The summed E-state index contributed by atoms with van der Waals surface area (Å²) < 4.78 is 27.6. The van der Waals surface area contributed by atoms with E-state index < -0.39 is 5.97 Å². The van der Waals surface area contributed by atoms with Crippen LogP contribution in [0.4, 0.5) is 0 Å². The highest BCUT2D eigenvalue weighted by atomic mass is 16.5. The Bertz CT molecular complexity index is 1200. The number of para-hydroxylation sites is 1. The van der Waals surface area contributed by atoms with Crippen LogP contribution in [0.2, 0.25) is 0 Å². The van der Waals surface area contributed by atoms with Crippen LogP contribution in [-0.4, -0.2) is 39.0 Å². The third kappa shape index (κ3) is 4.78. The van der Waals surface area contributed by atoms with Gasteiger partial charge in [0.2, 0.25) is 0 Å². The molecule has 0 bridgehead atoms. The van der Waals surface area contributed by atoms with Crippen LogP contribution < -0.4 is 23.7 Å². The standard InChI is InChI=1S/C17H16O4.C10H10O3/c1-18-10-4-6-13-15(7-10)20-9-14-12-5-3-11(19-2)8-16(12)21-17(13)14;1-13-9-5-3-2-4-8(9)6-7-10(11)12/h3-8,14,17H,9H2,1-2H3;2-7H,1H3,(H,11,12). The lowest BCUT2D eigenvalue weighted by Crippen LogP contribution is -2.23. The summed E-state index contributed by atoms with van der Waals surface area (Å²) in [5.41, 5.74) is 3.01. The number of hydrogen-bond acceptors (Lipinski definition) is 6. The van der Waals surface area contributed by atoms with Crippen molar-refractivity contribution in [1.82, 2.24) is 0 Å². The summed E-state index contributed by atoms with van der Waals surface area (Å²) in [6.45, 7) is 0.615. The number of aliphatic carboxylic acids is 1. The second kappa shape index (κ2) is 10.2. The lowest BCUT2D eigenvalue weighted by Gasteiger charge is -2.28. The lowest BCUT2D eigenvalue weighted by atomic mass is 9.89. The molecule has 2 atom stereocenters. The van der Waals surface area contributed by atoms with Crippen molar-refractivity contribution in [3.05, 3.63) is 83.4 Å². The quantitative estimate of drug-likeness (QED) is 0.528. The van der Waals surface area contributed by atoms with Gasteiger partial charge in [0.1, 0.15) is 34.9 Å². The van der Waals surface area contributed by atoms with E-state index in [9.17, 15) is 4.79 Å². The van der Waals surface area contributed by atoms with Gasteiger partial charge in [-0.05, 0) is 30.3 Å². The number of methoxy groups -OCH3 is 3. The maximum atomic E-state index is 10.2. The molecule has 3 aromatic carbocycles. The number of carboxylic acid groups (broad SMARTS) is 1. The van der Waals surface area contributed by atoms with Crippen LogP contribution in [0.15, 0.2) is 66.7 Å². The Morgan fingerprint density at radius 1 is 0.912 bits per heavy atom. The summed E-state index contributed by atoms with van der Waals surface area (Å²) in [6.07, 6.45) is 2.58. The van der Waals surface area contributed by atoms with Gasteiger partial charge < -0.3 is 28.8 Å². The number of rotatable bonds is 5. The topological polar surface area (TPSA) is 83.5 Å². The van der Waals surface area contributed by atoms with Crippen molar-refractivity contribution in [3.8, 4) is 28.7 Å². The van der Waals surface area contributed by atoms with E-state index in [1.807, 2.05) is 42.5 Å². The molecule has 0 aromatic heterocycles. The number of fused-ring (bicyclic) bond motifs is 5. The molecule has 0 amide bonds. The van der Waals surface area contributed by atoms with Gasteiger partial charge in [0, 0.05) is 34.9 Å². The van der Waals surface area contributed by atoms with Crippen LogP contribution in [0, 0.1) is 0 Å². The van der Waals surface area contributed by atoms with E-state index in [-0.39, 0.29) is 12.0 Å². The van der Waals surface area contributed by atoms with Crippen molar-refractivity contribution in [2.45, 2.75) is 12.0 Å². The molecule has 1 N–H and O–H groups in total. The monoisotopic (exact) mass is 462 g/mol. The fraction of sp³-hybridized carbons (Fsp3) is 0.222. The fourth-order valence-electron chi connectivity index (χ4n) is 4.04. The highest BCUT2D eigenvalue weighted by Gasteiger charge is 2.40. The van der Waals surface area contributed by atoms with Crippen molar-refractivity contribution in [2.75, 3.05) is 27.9 Å². The maximum Gasteiger partial charge on any atom is 0.328 e. The highest BCUT2D eigenvalue weighted by Crippen LogP contribution is 2.52. The zero-order chi connectivity index (χ0) is 24.1. The Kier molecular flexibility index (Phi) is 6.92. The van der Waals surface area contributed by atoms with Crippen LogP contribution in [-0.2, 0) is 4.79 Å². The number of benzene rings is 3. The van der Waals surface area contributed by atoms with Crippen LogP contribution in [0.1, 0.15) is 28.7 Å². The molecular formula is C27H26O7. The van der Waals surface area contributed by atoms with E-state index >= 15 is 0 Å². The zero-order valence-corrected chi connectivity index (χ0v) is 19.2.